The summed E-state index contributed by atoms with van der Waals surface area (Å²) in [6.45, 7) is 5.41. The first kappa shape index (κ1) is 25.3. The van der Waals surface area contributed by atoms with Gasteiger partial charge in [-0.25, -0.2) is 0 Å². The molecule has 0 bridgehead atoms. The van der Waals surface area contributed by atoms with Gasteiger partial charge in [-0.2, -0.15) is 0 Å². The average Bonchev–Trinajstić information content (AvgIpc) is 3.44. The predicted octanol–water partition coefficient (Wildman–Crippen LogP) is 5.38. The maximum Gasteiger partial charge on any atom is 0.133 e. The molecule has 0 saturated carbocycles. The highest BCUT2D eigenvalue weighted by molar-refractivity contribution is 6.01. The van der Waals surface area contributed by atoms with E-state index in [9.17, 15) is 0 Å². The van der Waals surface area contributed by atoms with E-state index in [0.717, 1.165) is 74.8 Å². The Labute approximate surface area is 220 Å². The third-order valence-electron chi connectivity index (χ3n) is 7.42. The van der Waals surface area contributed by atoms with Crippen LogP contribution in [0.5, 0.6) is 11.5 Å². The zero-order valence-electron chi connectivity index (χ0n) is 21.9. The fraction of sp³-hybridized carbons (Fsp3) is 0.387. The molecule has 0 spiro atoms. The number of methoxy groups -OCH3 is 2. The number of piperazine rings is 1. The Morgan fingerprint density at radius 1 is 0.838 bits per heavy atom. The van der Waals surface area contributed by atoms with Crippen LogP contribution in [0, 0.1) is 0 Å². The van der Waals surface area contributed by atoms with Crippen molar-refractivity contribution < 1.29 is 14.3 Å². The molecule has 0 aliphatic carbocycles. The molecule has 0 amide bonds. The molecule has 37 heavy (non-hydrogen) atoms. The van der Waals surface area contributed by atoms with Crippen molar-refractivity contribution in [3.05, 3.63) is 95.6 Å². The van der Waals surface area contributed by atoms with Gasteiger partial charge in [-0.05, 0) is 42.6 Å². The van der Waals surface area contributed by atoms with Gasteiger partial charge in [-0.15, -0.1) is 0 Å². The Kier molecular flexibility index (Phi) is 8.39. The third kappa shape index (κ3) is 6.32. The molecule has 0 aromatic heterocycles. The highest BCUT2D eigenvalue weighted by Gasteiger charge is 2.27. The fourth-order valence-electron chi connectivity index (χ4n) is 5.40. The first-order valence-electron chi connectivity index (χ1n) is 13.3. The van der Waals surface area contributed by atoms with E-state index in [-0.39, 0.29) is 6.10 Å². The lowest BCUT2D eigenvalue weighted by atomic mass is 9.96. The second-order valence-electron chi connectivity index (χ2n) is 9.81. The normalized spacial score (nSPS) is 18.5. The maximum atomic E-state index is 5.78. The molecule has 2 heterocycles. The zero-order chi connectivity index (χ0) is 25.5. The van der Waals surface area contributed by atoms with Gasteiger partial charge in [0.25, 0.3) is 0 Å². The molecule has 5 rings (SSSR count). The molecular formula is C31H37N3O3. The van der Waals surface area contributed by atoms with Gasteiger partial charge in [0.15, 0.2) is 0 Å². The minimum atomic E-state index is 0.133. The van der Waals surface area contributed by atoms with Crippen molar-refractivity contribution in [3.63, 3.8) is 0 Å². The third-order valence-corrected chi connectivity index (χ3v) is 7.42. The number of ether oxygens (including phenoxy) is 2. The van der Waals surface area contributed by atoms with E-state index in [0.29, 0.717) is 6.04 Å². The molecule has 1 atom stereocenters. The van der Waals surface area contributed by atoms with E-state index in [1.54, 1.807) is 14.2 Å². The first-order valence-corrected chi connectivity index (χ1v) is 13.3. The van der Waals surface area contributed by atoms with Crippen LogP contribution in [0.4, 0.5) is 0 Å². The second-order valence-corrected chi connectivity index (χ2v) is 9.81. The van der Waals surface area contributed by atoms with Gasteiger partial charge >= 0.3 is 0 Å². The molecule has 1 unspecified atom stereocenters. The van der Waals surface area contributed by atoms with Crippen LogP contribution in [0.1, 0.15) is 42.0 Å². The van der Waals surface area contributed by atoms with Gasteiger partial charge in [-0.3, -0.25) is 4.90 Å². The Morgan fingerprint density at radius 2 is 1.43 bits per heavy atom. The van der Waals surface area contributed by atoms with Crippen LogP contribution in [0.3, 0.4) is 0 Å². The van der Waals surface area contributed by atoms with Crippen molar-refractivity contribution in [3.8, 4) is 11.5 Å². The summed E-state index contributed by atoms with van der Waals surface area (Å²) >= 11 is 0. The summed E-state index contributed by atoms with van der Waals surface area (Å²) < 4.78 is 10.8. The highest BCUT2D eigenvalue weighted by atomic mass is 16.6. The van der Waals surface area contributed by atoms with Crippen LogP contribution in [-0.2, 0) is 4.84 Å². The molecule has 3 aromatic rings. The molecule has 2 aliphatic heterocycles. The van der Waals surface area contributed by atoms with Crippen LogP contribution >= 0.6 is 0 Å². The van der Waals surface area contributed by atoms with Crippen LogP contribution in [-0.4, -0.2) is 68.6 Å². The number of hydrogen-bond acceptors (Lipinski definition) is 6. The Bertz CT molecular complexity index is 1100. The molecule has 6 heteroatoms. The van der Waals surface area contributed by atoms with Gasteiger partial charge in [0.2, 0.25) is 0 Å². The van der Waals surface area contributed by atoms with Gasteiger partial charge in [0, 0.05) is 44.2 Å². The van der Waals surface area contributed by atoms with Crippen molar-refractivity contribution >= 4 is 5.71 Å². The molecule has 6 nitrogen and oxygen atoms in total. The van der Waals surface area contributed by atoms with Crippen LogP contribution in [0.25, 0.3) is 0 Å². The summed E-state index contributed by atoms with van der Waals surface area (Å²) in [5.41, 5.74) is 4.69. The van der Waals surface area contributed by atoms with E-state index in [1.165, 1.54) is 11.1 Å². The molecule has 1 saturated heterocycles. The van der Waals surface area contributed by atoms with Crippen molar-refractivity contribution in [2.75, 3.05) is 46.9 Å². The Morgan fingerprint density at radius 3 is 2.00 bits per heavy atom. The summed E-state index contributed by atoms with van der Waals surface area (Å²) in [6, 6.07) is 28.0. The molecule has 194 valence electrons. The van der Waals surface area contributed by atoms with E-state index in [2.05, 4.69) is 75.6 Å². The van der Waals surface area contributed by atoms with E-state index >= 15 is 0 Å². The van der Waals surface area contributed by atoms with Gasteiger partial charge in [0.1, 0.15) is 17.6 Å². The fourth-order valence-corrected chi connectivity index (χ4v) is 5.40. The van der Waals surface area contributed by atoms with Gasteiger partial charge in [0.05, 0.1) is 26.0 Å². The van der Waals surface area contributed by atoms with Gasteiger partial charge < -0.3 is 19.2 Å². The summed E-state index contributed by atoms with van der Waals surface area (Å²) in [6.07, 6.45) is 3.06. The minimum absolute atomic E-state index is 0.133. The number of oxime groups is 1. The largest absolute Gasteiger partial charge is 0.497 e. The maximum absolute atomic E-state index is 5.78. The lowest BCUT2D eigenvalue weighted by Gasteiger charge is -2.40. The predicted molar refractivity (Wildman–Crippen MR) is 148 cm³/mol. The van der Waals surface area contributed by atoms with E-state index < -0.39 is 0 Å². The quantitative estimate of drug-likeness (QED) is 0.375. The summed E-state index contributed by atoms with van der Waals surface area (Å²) in [5.74, 6) is 1.53. The standard InChI is InChI=1S/C31H37N3O3/c1-35-28-20-26(21-29(22-28)36-2)30-23-27(37-32-30)14-9-15-33-16-18-34(19-17-33)31(24-10-5-3-6-11-24)25-12-7-4-8-13-25/h3-8,10-13,20-22,27,31H,9,14-19,23H2,1-2H3. The van der Waals surface area contributed by atoms with Crippen molar-refractivity contribution in [2.24, 2.45) is 5.16 Å². The minimum Gasteiger partial charge on any atom is -0.497 e. The molecule has 1 fully saturated rings. The number of nitrogens with zero attached hydrogens (tertiary/aromatic N) is 3. The number of hydrogen-bond donors (Lipinski definition) is 0. The molecule has 2 aliphatic rings. The molecule has 0 N–H and O–H groups in total. The topological polar surface area (TPSA) is 46.5 Å². The lowest BCUT2D eigenvalue weighted by Crippen LogP contribution is -2.48. The van der Waals surface area contributed by atoms with Crippen LogP contribution in [0.2, 0.25) is 0 Å². The molecule has 3 aromatic carbocycles. The Hall–Kier alpha value is -3.35. The van der Waals surface area contributed by atoms with Crippen molar-refractivity contribution in [1.29, 1.82) is 0 Å². The second kappa shape index (κ2) is 12.3. The van der Waals surface area contributed by atoms with E-state index in [1.807, 2.05) is 18.2 Å². The first-order chi connectivity index (χ1) is 18.2. The average molecular weight is 500 g/mol. The molecular weight excluding hydrogens is 462 g/mol. The monoisotopic (exact) mass is 499 g/mol. The lowest BCUT2D eigenvalue weighted by molar-refractivity contribution is 0.0688. The molecule has 0 radical (unpaired) electrons. The van der Waals surface area contributed by atoms with Crippen LogP contribution < -0.4 is 9.47 Å². The smallest absolute Gasteiger partial charge is 0.133 e. The number of rotatable bonds is 10. The van der Waals surface area contributed by atoms with Crippen molar-refractivity contribution in [1.82, 2.24) is 9.80 Å². The highest BCUT2D eigenvalue weighted by Crippen LogP contribution is 2.30. The summed E-state index contributed by atoms with van der Waals surface area (Å²) in [5, 5.41) is 4.38. The Balaban J connectivity index is 1.10. The number of benzene rings is 3. The zero-order valence-corrected chi connectivity index (χ0v) is 21.9. The van der Waals surface area contributed by atoms with Gasteiger partial charge in [-0.1, -0.05) is 65.8 Å². The van der Waals surface area contributed by atoms with E-state index in [4.69, 9.17) is 14.3 Å². The summed E-state index contributed by atoms with van der Waals surface area (Å²) in [4.78, 5) is 11.0. The summed E-state index contributed by atoms with van der Waals surface area (Å²) in [7, 11) is 3.33. The van der Waals surface area contributed by atoms with Crippen LogP contribution in [0.15, 0.2) is 84.0 Å². The van der Waals surface area contributed by atoms with Crippen molar-refractivity contribution in [2.45, 2.75) is 31.4 Å². The SMILES string of the molecule is COc1cc(OC)cc(C2=NOC(CCCN3CCN(C(c4ccccc4)c4ccccc4)CC3)C2)c1.